The highest BCUT2D eigenvalue weighted by atomic mass is 16.5. The van der Waals surface area contributed by atoms with Gasteiger partial charge in [0.05, 0.1) is 11.2 Å². The van der Waals surface area contributed by atoms with Gasteiger partial charge in [0.1, 0.15) is 0 Å². The van der Waals surface area contributed by atoms with Crippen molar-refractivity contribution in [2.45, 2.75) is 59.5 Å². The van der Waals surface area contributed by atoms with Crippen molar-refractivity contribution in [1.29, 1.82) is 0 Å². The third kappa shape index (κ3) is 4.52. The van der Waals surface area contributed by atoms with E-state index in [0.29, 0.717) is 6.54 Å². The molecule has 1 fully saturated rings. The van der Waals surface area contributed by atoms with Crippen LogP contribution in [0.1, 0.15) is 56.5 Å². The Kier molecular flexibility index (Phi) is 1.65. The van der Waals surface area contributed by atoms with Crippen molar-refractivity contribution in [1.82, 2.24) is 4.90 Å². The van der Waals surface area contributed by atoms with Crippen molar-refractivity contribution < 1.29 is 13.0 Å². The highest BCUT2D eigenvalue weighted by Crippen LogP contribution is 2.29. The summed E-state index contributed by atoms with van der Waals surface area (Å²) in [5.41, 5.74) is -3.03. The van der Waals surface area contributed by atoms with Gasteiger partial charge in [-0.05, 0) is 33.0 Å². The van der Waals surface area contributed by atoms with Crippen LogP contribution in [-0.4, -0.2) is 35.7 Å². The van der Waals surface area contributed by atoms with Gasteiger partial charge in [-0.3, -0.25) is 4.90 Å². The number of hydrogen-bond donors (Lipinski definition) is 0. The summed E-state index contributed by atoms with van der Waals surface area (Å²) >= 11 is 0. The Balaban J connectivity index is 3.17. The molecule has 0 aliphatic carbocycles. The van der Waals surface area contributed by atoms with E-state index >= 15 is 0 Å². The Hall–Kier alpha value is -0.0800. The maximum atomic E-state index is 7.72. The average molecular weight is 219 g/mol. The summed E-state index contributed by atoms with van der Waals surface area (Å²) in [4.78, 5) is 1.90. The molecule has 1 aliphatic heterocycles. The van der Waals surface area contributed by atoms with Gasteiger partial charge in [-0.2, -0.15) is 0 Å². The molecule has 2 heteroatoms. The van der Waals surface area contributed by atoms with Crippen molar-refractivity contribution >= 4 is 0 Å². The minimum atomic E-state index is -2.38. The Bertz CT molecular complexity index is 358. The molecule has 1 aliphatic rings. The van der Waals surface area contributed by atoms with Crippen LogP contribution >= 0.6 is 0 Å². The highest BCUT2D eigenvalue weighted by Gasteiger charge is 2.38. The van der Waals surface area contributed by atoms with Crippen molar-refractivity contribution in [2.24, 2.45) is 5.41 Å². The molecular formula is C13H27NO. The predicted molar refractivity (Wildman–Crippen MR) is 65.1 cm³/mol. The van der Waals surface area contributed by atoms with E-state index in [1.807, 2.05) is 25.7 Å². The van der Waals surface area contributed by atoms with Crippen LogP contribution in [0.5, 0.6) is 0 Å². The molecule has 0 N–H and O–H groups in total. The quantitative estimate of drug-likeness (QED) is 0.672. The third-order valence-corrected chi connectivity index (χ3v) is 2.20. The first-order chi connectivity index (χ1) is 8.99. The maximum Gasteiger partial charge on any atom is 0.0760 e. The van der Waals surface area contributed by atoms with Gasteiger partial charge in [0.15, 0.2) is 0 Å². The molecule has 0 saturated carbocycles. The largest absolute Gasteiger partial charge is 0.367 e. The summed E-state index contributed by atoms with van der Waals surface area (Å²) in [5.74, 6) is 0. The molecule has 1 rings (SSSR count). The Morgan fingerprint density at radius 1 is 1.20 bits per heavy atom. The summed E-state index contributed by atoms with van der Waals surface area (Å²) < 4.78 is 52.0. The normalized spacial score (nSPS) is 47.0. The van der Waals surface area contributed by atoms with Crippen LogP contribution in [0.4, 0.5) is 0 Å². The van der Waals surface area contributed by atoms with E-state index < -0.39 is 24.9 Å². The fourth-order valence-electron chi connectivity index (χ4n) is 2.25. The molecular weight excluding hydrogens is 186 g/mol. The number of rotatable bonds is 1. The number of ether oxygens (including phenoxy) is 1. The highest BCUT2D eigenvalue weighted by molar-refractivity contribution is 4.90. The standard InChI is InChI=1S/C13H27NO/c1-11(2,3)8-14-9-12(4,5)15-13(6,7)10-14/h8-10H2,1-7H3/i4D3,6D3. The Morgan fingerprint density at radius 2 is 1.67 bits per heavy atom. The number of hydrogen-bond acceptors (Lipinski definition) is 2. The smallest absolute Gasteiger partial charge is 0.0760 e. The molecule has 1 saturated heterocycles. The Labute approximate surface area is 103 Å². The van der Waals surface area contributed by atoms with Crippen LogP contribution in [0, 0.1) is 5.41 Å². The van der Waals surface area contributed by atoms with Gasteiger partial charge in [-0.25, -0.2) is 0 Å². The van der Waals surface area contributed by atoms with Gasteiger partial charge in [0.2, 0.25) is 0 Å². The zero-order valence-electron chi connectivity index (χ0n) is 16.5. The summed E-state index contributed by atoms with van der Waals surface area (Å²) in [6.07, 6.45) is 0. The van der Waals surface area contributed by atoms with Crippen molar-refractivity contribution in [3.8, 4) is 0 Å². The van der Waals surface area contributed by atoms with E-state index in [2.05, 4.69) is 0 Å². The molecule has 0 radical (unpaired) electrons. The molecule has 0 amide bonds. The molecule has 0 aromatic carbocycles. The summed E-state index contributed by atoms with van der Waals surface area (Å²) in [6.45, 7) is 5.36. The van der Waals surface area contributed by atoms with Crippen LogP contribution in [-0.2, 0) is 4.74 Å². The molecule has 0 spiro atoms. The van der Waals surface area contributed by atoms with Gasteiger partial charge in [-0.15, -0.1) is 0 Å². The molecule has 2 atom stereocenters. The van der Waals surface area contributed by atoms with Crippen molar-refractivity contribution in [2.75, 3.05) is 19.6 Å². The molecule has 1 heterocycles. The number of nitrogens with zero attached hydrogens (tertiary/aromatic N) is 1. The lowest BCUT2D eigenvalue weighted by Gasteiger charge is -2.48. The van der Waals surface area contributed by atoms with Crippen molar-refractivity contribution in [3.63, 3.8) is 0 Å². The predicted octanol–water partition coefficient (Wildman–Crippen LogP) is 2.92. The second kappa shape index (κ2) is 3.74. The van der Waals surface area contributed by atoms with Gasteiger partial charge in [0.25, 0.3) is 0 Å². The first-order valence-corrected chi connectivity index (χ1v) is 5.42. The van der Waals surface area contributed by atoms with Crippen LogP contribution in [0.3, 0.4) is 0 Å². The summed E-state index contributed by atoms with van der Waals surface area (Å²) in [7, 11) is 0. The third-order valence-electron chi connectivity index (χ3n) is 2.20. The first-order valence-electron chi connectivity index (χ1n) is 8.42. The average Bonchev–Trinajstić information content (AvgIpc) is 2.08. The van der Waals surface area contributed by atoms with E-state index in [0.717, 1.165) is 0 Å². The van der Waals surface area contributed by atoms with Gasteiger partial charge in [-0.1, -0.05) is 20.8 Å². The lowest BCUT2D eigenvalue weighted by atomic mass is 9.92. The minimum absolute atomic E-state index is 0.0529. The summed E-state index contributed by atoms with van der Waals surface area (Å²) in [6, 6.07) is 0. The van der Waals surface area contributed by atoms with Gasteiger partial charge >= 0.3 is 0 Å². The minimum Gasteiger partial charge on any atom is -0.367 e. The van der Waals surface area contributed by atoms with E-state index in [1.165, 1.54) is 13.8 Å². The first kappa shape index (κ1) is 6.61. The molecule has 90 valence electrons. The van der Waals surface area contributed by atoms with Gasteiger partial charge < -0.3 is 4.74 Å². The summed E-state index contributed by atoms with van der Waals surface area (Å²) in [5, 5.41) is 0. The lowest BCUT2D eigenvalue weighted by molar-refractivity contribution is -0.183. The molecule has 2 unspecified atom stereocenters. The molecule has 15 heavy (non-hydrogen) atoms. The second-order valence-corrected chi connectivity index (χ2v) is 6.27. The van der Waals surface area contributed by atoms with Crippen LogP contribution < -0.4 is 0 Å². The molecule has 0 aromatic heterocycles. The van der Waals surface area contributed by atoms with Gasteiger partial charge in [0, 0.05) is 27.9 Å². The van der Waals surface area contributed by atoms with Crippen LogP contribution in [0.25, 0.3) is 0 Å². The number of morpholine rings is 1. The van der Waals surface area contributed by atoms with E-state index in [4.69, 9.17) is 13.0 Å². The molecule has 2 nitrogen and oxygen atoms in total. The fourth-order valence-corrected chi connectivity index (χ4v) is 2.25. The van der Waals surface area contributed by atoms with E-state index in [9.17, 15) is 0 Å². The van der Waals surface area contributed by atoms with Crippen LogP contribution in [0.15, 0.2) is 0 Å². The van der Waals surface area contributed by atoms with Crippen LogP contribution in [0.2, 0.25) is 0 Å². The fraction of sp³-hybridized carbons (Fsp3) is 1.00. The molecule has 0 aromatic rings. The topological polar surface area (TPSA) is 12.5 Å². The van der Waals surface area contributed by atoms with Crippen molar-refractivity contribution in [3.05, 3.63) is 0 Å². The van der Waals surface area contributed by atoms with E-state index in [1.54, 1.807) is 0 Å². The Morgan fingerprint density at radius 3 is 2.00 bits per heavy atom. The molecule has 0 bridgehead atoms. The zero-order chi connectivity index (χ0) is 16.9. The second-order valence-electron chi connectivity index (χ2n) is 6.27. The lowest BCUT2D eigenvalue weighted by Crippen LogP contribution is -2.58. The SMILES string of the molecule is [2H]C([2H])([2H])C1(C)CN(CC(C)(C)C)CC(C)(C([2H])([2H])[2H])O1. The zero-order valence-corrected chi connectivity index (χ0v) is 10.5. The monoisotopic (exact) mass is 219 g/mol. The van der Waals surface area contributed by atoms with E-state index in [-0.39, 0.29) is 18.5 Å². The maximum absolute atomic E-state index is 7.72.